The van der Waals surface area contributed by atoms with Crippen molar-refractivity contribution in [1.29, 1.82) is 0 Å². The van der Waals surface area contributed by atoms with Crippen LogP contribution in [-0.2, 0) is 0 Å². The second kappa shape index (κ2) is 6.23. The van der Waals surface area contributed by atoms with Gasteiger partial charge >= 0.3 is 0 Å². The van der Waals surface area contributed by atoms with Gasteiger partial charge in [-0.05, 0) is 18.1 Å². The highest BCUT2D eigenvalue weighted by molar-refractivity contribution is 5.92. The number of amides is 1. The molecule has 0 bridgehead atoms. The molecule has 0 unspecified atom stereocenters. The van der Waals surface area contributed by atoms with Crippen LogP contribution in [0.25, 0.3) is 0 Å². The van der Waals surface area contributed by atoms with E-state index >= 15 is 0 Å². The number of hydrogen-bond acceptors (Lipinski definition) is 1. The van der Waals surface area contributed by atoms with Gasteiger partial charge in [-0.15, -0.1) is 0 Å². The van der Waals surface area contributed by atoms with Gasteiger partial charge in [0.2, 0.25) is 5.91 Å². The fraction of sp³-hybridized carbons (Fsp3) is 0.364. The number of benzene rings is 1. The van der Waals surface area contributed by atoms with Crippen molar-refractivity contribution in [3.05, 3.63) is 35.9 Å². The smallest absolute Gasteiger partial charge is 0.248 e. The summed E-state index contributed by atoms with van der Waals surface area (Å²) in [6.07, 6.45) is 0. The third kappa shape index (κ3) is 7.06. The monoisotopic (exact) mass is 179 g/mol. The molecule has 0 aliphatic carbocycles. The van der Waals surface area contributed by atoms with Gasteiger partial charge in [0.15, 0.2) is 0 Å². The molecule has 0 saturated heterocycles. The van der Waals surface area contributed by atoms with Gasteiger partial charge in [0.05, 0.1) is 0 Å². The van der Waals surface area contributed by atoms with Crippen molar-refractivity contribution in [2.45, 2.75) is 20.8 Å². The number of nitrogens with two attached hydrogens (primary N) is 1. The Bertz CT molecular complexity index is 239. The highest BCUT2D eigenvalue weighted by atomic mass is 16.1. The maximum Gasteiger partial charge on any atom is 0.248 e. The molecule has 1 rings (SSSR count). The van der Waals surface area contributed by atoms with Gasteiger partial charge in [0.1, 0.15) is 0 Å². The van der Waals surface area contributed by atoms with E-state index in [4.69, 9.17) is 5.73 Å². The normalized spacial score (nSPS) is 8.92. The van der Waals surface area contributed by atoms with Crippen molar-refractivity contribution in [3.63, 3.8) is 0 Å². The summed E-state index contributed by atoms with van der Waals surface area (Å²) >= 11 is 0. The molecule has 0 aliphatic rings. The van der Waals surface area contributed by atoms with Gasteiger partial charge in [-0.2, -0.15) is 0 Å². The van der Waals surface area contributed by atoms with Crippen molar-refractivity contribution in [3.8, 4) is 0 Å². The van der Waals surface area contributed by atoms with E-state index in [0.29, 0.717) is 5.56 Å². The Kier molecular flexibility index (Phi) is 5.60. The number of carbonyl (C=O) groups is 1. The van der Waals surface area contributed by atoms with Gasteiger partial charge < -0.3 is 5.73 Å². The van der Waals surface area contributed by atoms with E-state index in [-0.39, 0.29) is 5.91 Å². The van der Waals surface area contributed by atoms with Crippen LogP contribution in [0.3, 0.4) is 0 Å². The Morgan fingerprint density at radius 2 is 1.54 bits per heavy atom. The molecule has 1 amide bonds. The van der Waals surface area contributed by atoms with Crippen LogP contribution in [0, 0.1) is 5.92 Å². The van der Waals surface area contributed by atoms with Crippen molar-refractivity contribution in [1.82, 2.24) is 0 Å². The summed E-state index contributed by atoms with van der Waals surface area (Å²) in [5.41, 5.74) is 5.53. The predicted molar refractivity (Wildman–Crippen MR) is 55.5 cm³/mol. The van der Waals surface area contributed by atoms with Crippen LogP contribution in [-0.4, -0.2) is 5.91 Å². The average molecular weight is 179 g/mol. The summed E-state index contributed by atoms with van der Waals surface area (Å²) in [7, 11) is 0. The van der Waals surface area contributed by atoms with Gasteiger partial charge in [-0.25, -0.2) is 0 Å². The third-order valence-electron chi connectivity index (χ3n) is 1.06. The minimum Gasteiger partial charge on any atom is -0.366 e. The zero-order chi connectivity index (χ0) is 10.3. The lowest BCUT2D eigenvalue weighted by molar-refractivity contribution is 0.100. The first-order valence-corrected chi connectivity index (χ1v) is 4.39. The summed E-state index contributed by atoms with van der Waals surface area (Å²) in [5, 5.41) is 0. The second-order valence-corrected chi connectivity index (χ2v) is 3.46. The molecule has 13 heavy (non-hydrogen) atoms. The molecule has 0 aliphatic heterocycles. The zero-order valence-corrected chi connectivity index (χ0v) is 8.45. The Morgan fingerprint density at radius 1 is 1.15 bits per heavy atom. The zero-order valence-electron chi connectivity index (χ0n) is 8.45. The minimum absolute atomic E-state index is 0.379. The molecule has 0 heterocycles. The predicted octanol–water partition coefficient (Wildman–Crippen LogP) is 2.45. The number of hydrogen-bond donors (Lipinski definition) is 1. The van der Waals surface area contributed by atoms with E-state index in [2.05, 4.69) is 20.8 Å². The van der Waals surface area contributed by atoms with E-state index < -0.39 is 0 Å². The maximum atomic E-state index is 10.4. The Labute approximate surface area is 79.8 Å². The molecular formula is C11H17NO. The molecule has 2 heteroatoms. The first-order valence-electron chi connectivity index (χ1n) is 4.39. The highest BCUT2D eigenvalue weighted by Crippen LogP contribution is 1.94. The highest BCUT2D eigenvalue weighted by Gasteiger charge is 1.93. The van der Waals surface area contributed by atoms with Crippen molar-refractivity contribution in [2.75, 3.05) is 0 Å². The lowest BCUT2D eigenvalue weighted by atomic mass is 10.2. The van der Waals surface area contributed by atoms with Crippen molar-refractivity contribution < 1.29 is 4.79 Å². The molecule has 0 fully saturated rings. The van der Waals surface area contributed by atoms with Gasteiger partial charge in [-0.3, -0.25) is 4.79 Å². The molecule has 1 aromatic rings. The van der Waals surface area contributed by atoms with Crippen LogP contribution in [0.2, 0.25) is 0 Å². The topological polar surface area (TPSA) is 43.1 Å². The molecule has 0 atom stereocenters. The largest absolute Gasteiger partial charge is 0.366 e. The van der Waals surface area contributed by atoms with E-state index in [9.17, 15) is 4.79 Å². The van der Waals surface area contributed by atoms with Gasteiger partial charge in [0, 0.05) is 5.56 Å². The standard InChI is InChI=1S/C7H7NO.C4H10/c8-7(9)6-4-2-1-3-5-6;1-4(2)3/h1-5H,(H2,8,9);4H,1-3H3. The summed E-state index contributed by atoms with van der Waals surface area (Å²) in [5.74, 6) is 0.454. The molecule has 72 valence electrons. The van der Waals surface area contributed by atoms with Crippen LogP contribution < -0.4 is 5.73 Å². The minimum atomic E-state index is -0.379. The Balaban J connectivity index is 0.000000310. The molecular weight excluding hydrogens is 162 g/mol. The van der Waals surface area contributed by atoms with Crippen LogP contribution in [0.5, 0.6) is 0 Å². The third-order valence-corrected chi connectivity index (χ3v) is 1.06. The molecule has 2 nitrogen and oxygen atoms in total. The van der Waals surface area contributed by atoms with Crippen LogP contribution in [0.15, 0.2) is 30.3 Å². The van der Waals surface area contributed by atoms with Crippen molar-refractivity contribution in [2.24, 2.45) is 11.7 Å². The molecule has 0 aromatic heterocycles. The van der Waals surface area contributed by atoms with Crippen molar-refractivity contribution >= 4 is 5.91 Å². The summed E-state index contributed by atoms with van der Waals surface area (Å²) < 4.78 is 0. The lowest BCUT2D eigenvalue weighted by Gasteiger charge is -1.89. The van der Waals surface area contributed by atoms with E-state index in [0.717, 1.165) is 5.92 Å². The van der Waals surface area contributed by atoms with Gasteiger partial charge in [-0.1, -0.05) is 39.0 Å². The first-order chi connectivity index (χ1) is 6.04. The summed E-state index contributed by atoms with van der Waals surface area (Å²) in [4.78, 5) is 10.4. The summed E-state index contributed by atoms with van der Waals surface area (Å²) in [6, 6.07) is 8.76. The first kappa shape index (κ1) is 11.7. The number of carbonyl (C=O) groups excluding carboxylic acids is 1. The van der Waals surface area contributed by atoms with E-state index in [1.807, 2.05) is 6.07 Å². The maximum absolute atomic E-state index is 10.4. The van der Waals surface area contributed by atoms with Crippen LogP contribution in [0.4, 0.5) is 0 Å². The fourth-order valence-corrected chi connectivity index (χ4v) is 0.602. The Morgan fingerprint density at radius 3 is 1.77 bits per heavy atom. The van der Waals surface area contributed by atoms with Crippen LogP contribution >= 0.6 is 0 Å². The number of primary amides is 1. The summed E-state index contributed by atoms with van der Waals surface area (Å²) in [6.45, 7) is 6.50. The fourth-order valence-electron chi connectivity index (χ4n) is 0.602. The van der Waals surface area contributed by atoms with Crippen LogP contribution in [0.1, 0.15) is 31.1 Å². The van der Waals surface area contributed by atoms with E-state index in [1.165, 1.54) is 0 Å². The van der Waals surface area contributed by atoms with E-state index in [1.54, 1.807) is 24.3 Å². The molecule has 0 radical (unpaired) electrons. The quantitative estimate of drug-likeness (QED) is 0.707. The second-order valence-electron chi connectivity index (χ2n) is 3.46. The lowest BCUT2D eigenvalue weighted by Crippen LogP contribution is -2.09. The molecule has 0 saturated carbocycles. The average Bonchev–Trinajstić information content (AvgIpc) is 2.05. The molecule has 0 spiro atoms. The molecule has 2 N–H and O–H groups in total. The Hall–Kier alpha value is -1.31. The SMILES string of the molecule is CC(C)C.NC(=O)c1ccccc1. The van der Waals surface area contributed by atoms with Gasteiger partial charge in [0.25, 0.3) is 0 Å². The molecule has 1 aromatic carbocycles. The number of rotatable bonds is 1.